The van der Waals surface area contributed by atoms with Crippen molar-refractivity contribution in [2.24, 2.45) is 0 Å². The molecule has 1 atom stereocenters. The van der Waals surface area contributed by atoms with E-state index in [4.69, 9.17) is 29.1 Å². The Balaban J connectivity index is 1.64. The highest BCUT2D eigenvalue weighted by atomic mass is 31.2. The normalized spacial score (nSPS) is 12.8. The largest absolute Gasteiger partial charge is 0.408 e. The summed E-state index contributed by atoms with van der Waals surface area (Å²) < 4.78 is 36.4. The second kappa shape index (κ2) is 11.9. The van der Waals surface area contributed by atoms with Gasteiger partial charge in [0.05, 0.1) is 26.4 Å². The molecule has 0 aliphatic rings. The zero-order chi connectivity index (χ0) is 22.8. The number of rotatable bonds is 14. The lowest BCUT2D eigenvalue weighted by molar-refractivity contribution is -0.0561. The molecule has 1 aromatic carbocycles. The molecular weight excluding hydrogens is 437 g/mol. The molecule has 32 heavy (non-hydrogen) atoms. The summed E-state index contributed by atoms with van der Waals surface area (Å²) in [5.41, 5.74) is 7.69. The van der Waals surface area contributed by atoms with Gasteiger partial charge in [0.25, 0.3) is 0 Å². The van der Waals surface area contributed by atoms with E-state index in [2.05, 4.69) is 15.0 Å². The van der Waals surface area contributed by atoms with E-state index in [0.717, 1.165) is 5.56 Å². The number of ether oxygens (including phenoxy) is 2. The highest BCUT2D eigenvalue weighted by molar-refractivity contribution is 7.53. The van der Waals surface area contributed by atoms with Crippen LogP contribution in [0.25, 0.3) is 11.2 Å². The lowest BCUT2D eigenvalue weighted by Gasteiger charge is -2.22. The summed E-state index contributed by atoms with van der Waals surface area (Å²) in [6.07, 6.45) is 1.99. The first-order valence-electron chi connectivity index (χ1n) is 10.2. The maximum absolute atomic E-state index is 12.8. The summed E-state index contributed by atoms with van der Waals surface area (Å²) >= 11 is 0. The van der Waals surface area contributed by atoms with Crippen molar-refractivity contribution in [1.82, 2.24) is 19.7 Å². The molecular formula is C20H28N5O6P. The van der Waals surface area contributed by atoms with Gasteiger partial charge < -0.3 is 29.1 Å². The molecule has 2 heterocycles. The molecule has 2 aromatic heterocycles. The number of fused-ring (bicyclic) bond motifs is 1. The van der Waals surface area contributed by atoms with Crippen molar-refractivity contribution in [3.63, 3.8) is 0 Å². The molecule has 0 saturated carbocycles. The van der Waals surface area contributed by atoms with Crippen molar-refractivity contribution in [2.45, 2.75) is 26.6 Å². The van der Waals surface area contributed by atoms with Gasteiger partial charge in [-0.1, -0.05) is 30.3 Å². The van der Waals surface area contributed by atoms with Gasteiger partial charge in [0.15, 0.2) is 11.3 Å². The molecule has 0 spiro atoms. The number of nitrogens with zero attached hydrogens (tertiary/aromatic N) is 4. The SMILES string of the molecule is CCOP(=O)(CO[C@@H](COCc1ccccc1)COn1cnc2c(N)ncnc21)OCC. The lowest BCUT2D eigenvalue weighted by atomic mass is 10.2. The van der Waals surface area contributed by atoms with Crippen LogP contribution in [0.1, 0.15) is 19.4 Å². The molecule has 0 radical (unpaired) electrons. The number of anilines is 1. The molecule has 0 aliphatic heterocycles. The number of nitrogens with two attached hydrogens (primary N) is 1. The highest BCUT2D eigenvalue weighted by Crippen LogP contribution is 2.48. The summed E-state index contributed by atoms with van der Waals surface area (Å²) in [5.74, 6) is 0.255. The van der Waals surface area contributed by atoms with Gasteiger partial charge in [-0.15, -0.1) is 0 Å². The molecule has 0 aliphatic carbocycles. The molecule has 3 rings (SSSR count). The third-order valence-electron chi connectivity index (χ3n) is 4.27. The Morgan fingerprint density at radius 3 is 2.53 bits per heavy atom. The summed E-state index contributed by atoms with van der Waals surface area (Å²) in [6.45, 7) is 4.63. The van der Waals surface area contributed by atoms with Crippen LogP contribution >= 0.6 is 7.60 Å². The Labute approximate surface area is 186 Å². The van der Waals surface area contributed by atoms with Crippen LogP contribution < -0.4 is 10.6 Å². The van der Waals surface area contributed by atoms with Gasteiger partial charge in [-0.3, -0.25) is 4.57 Å². The van der Waals surface area contributed by atoms with Crippen molar-refractivity contribution < 1.29 is 27.9 Å². The smallest absolute Gasteiger partial charge is 0.356 e. The Bertz CT molecular complexity index is 1010. The number of nitrogen functional groups attached to an aromatic ring is 1. The minimum absolute atomic E-state index is 0.0718. The maximum Gasteiger partial charge on any atom is 0.356 e. The fraction of sp³-hybridized carbons (Fsp3) is 0.450. The molecule has 12 heteroatoms. The quantitative estimate of drug-likeness (QED) is 0.354. The van der Waals surface area contributed by atoms with Gasteiger partial charge in [-0.25, -0.2) is 15.0 Å². The number of benzene rings is 1. The molecule has 0 bridgehead atoms. The zero-order valence-corrected chi connectivity index (χ0v) is 19.0. The van der Waals surface area contributed by atoms with E-state index >= 15 is 0 Å². The maximum atomic E-state index is 12.8. The van der Waals surface area contributed by atoms with Gasteiger partial charge >= 0.3 is 7.60 Å². The topological polar surface area (TPSA) is 133 Å². The summed E-state index contributed by atoms with van der Waals surface area (Å²) in [6, 6.07) is 9.74. The molecule has 0 saturated heterocycles. The average Bonchev–Trinajstić information content (AvgIpc) is 3.21. The van der Waals surface area contributed by atoms with E-state index in [9.17, 15) is 4.57 Å². The second-order valence-electron chi connectivity index (χ2n) is 6.66. The minimum atomic E-state index is -3.38. The first-order chi connectivity index (χ1) is 15.5. The predicted octanol–water partition coefficient (Wildman–Crippen LogP) is 2.66. The van der Waals surface area contributed by atoms with Gasteiger partial charge in [-0.05, 0) is 19.4 Å². The Morgan fingerprint density at radius 1 is 1.06 bits per heavy atom. The van der Waals surface area contributed by atoms with E-state index < -0.39 is 13.7 Å². The Hall–Kier alpha value is -2.56. The van der Waals surface area contributed by atoms with Crippen molar-refractivity contribution in [3.05, 3.63) is 48.5 Å². The van der Waals surface area contributed by atoms with Gasteiger partial charge in [-0.2, -0.15) is 4.73 Å². The van der Waals surface area contributed by atoms with Gasteiger partial charge in [0.2, 0.25) is 5.65 Å². The van der Waals surface area contributed by atoms with Crippen LogP contribution in [0.4, 0.5) is 5.82 Å². The standard InChI is InChI=1S/C20H28N5O6P/c1-3-30-32(26,31-4-2)15-28-17(11-27-10-16-8-6-5-7-9-16)12-29-25-14-24-18-19(21)22-13-23-20(18)25/h5-9,13-14,17H,3-4,10-12,15H2,1-2H3,(H2,21,22,23)/t17-/m0/s1. The molecule has 11 nitrogen and oxygen atoms in total. The van der Waals surface area contributed by atoms with Crippen LogP contribution in [0, 0.1) is 0 Å². The number of imidazole rings is 1. The molecule has 2 N–H and O–H groups in total. The molecule has 0 fully saturated rings. The monoisotopic (exact) mass is 465 g/mol. The fourth-order valence-electron chi connectivity index (χ4n) is 2.82. The van der Waals surface area contributed by atoms with Crippen LogP contribution in [0.15, 0.2) is 43.0 Å². The first-order valence-corrected chi connectivity index (χ1v) is 12.0. The summed E-state index contributed by atoms with van der Waals surface area (Å²) in [7, 11) is -3.38. The number of hydrogen-bond donors (Lipinski definition) is 1. The van der Waals surface area contributed by atoms with Crippen LogP contribution in [0.2, 0.25) is 0 Å². The van der Waals surface area contributed by atoms with Crippen molar-refractivity contribution in [2.75, 3.05) is 38.5 Å². The third-order valence-corrected chi connectivity index (χ3v) is 6.03. The molecule has 3 aromatic rings. The van der Waals surface area contributed by atoms with Crippen molar-refractivity contribution in [1.29, 1.82) is 0 Å². The number of hydrogen-bond acceptors (Lipinski definition) is 10. The third kappa shape index (κ3) is 6.72. The first kappa shape index (κ1) is 24.1. The van der Waals surface area contributed by atoms with Crippen LogP contribution in [0.3, 0.4) is 0 Å². The number of aromatic nitrogens is 4. The molecule has 174 valence electrons. The second-order valence-corrected chi connectivity index (χ2v) is 8.66. The van der Waals surface area contributed by atoms with E-state index in [1.807, 2.05) is 30.3 Å². The van der Waals surface area contributed by atoms with E-state index in [1.165, 1.54) is 17.4 Å². The Kier molecular flexibility index (Phi) is 8.95. The van der Waals surface area contributed by atoms with Crippen LogP contribution in [0.5, 0.6) is 0 Å². The summed E-state index contributed by atoms with van der Waals surface area (Å²) in [4.78, 5) is 18.0. The van der Waals surface area contributed by atoms with Crippen molar-refractivity contribution >= 4 is 24.6 Å². The average molecular weight is 465 g/mol. The molecule has 0 unspecified atom stereocenters. The minimum Gasteiger partial charge on any atom is -0.408 e. The van der Waals surface area contributed by atoms with E-state index in [0.29, 0.717) is 17.8 Å². The predicted molar refractivity (Wildman–Crippen MR) is 118 cm³/mol. The van der Waals surface area contributed by atoms with E-state index in [-0.39, 0.29) is 38.6 Å². The fourth-order valence-corrected chi connectivity index (χ4v) is 4.22. The Morgan fingerprint density at radius 2 is 1.81 bits per heavy atom. The van der Waals surface area contributed by atoms with Crippen molar-refractivity contribution in [3.8, 4) is 0 Å². The van der Waals surface area contributed by atoms with Gasteiger partial charge in [0, 0.05) is 0 Å². The highest BCUT2D eigenvalue weighted by Gasteiger charge is 2.26. The summed E-state index contributed by atoms with van der Waals surface area (Å²) in [5, 5.41) is 0. The molecule has 0 amide bonds. The zero-order valence-electron chi connectivity index (χ0n) is 18.1. The lowest BCUT2D eigenvalue weighted by Crippen LogP contribution is -2.31. The van der Waals surface area contributed by atoms with Crippen LogP contribution in [-0.2, 0) is 29.7 Å². The van der Waals surface area contributed by atoms with E-state index in [1.54, 1.807) is 13.8 Å². The van der Waals surface area contributed by atoms with Gasteiger partial charge in [0.1, 0.15) is 31.7 Å². The van der Waals surface area contributed by atoms with Crippen LogP contribution in [-0.4, -0.2) is 58.6 Å².